The zero-order chi connectivity index (χ0) is 13.0. The van der Waals surface area contributed by atoms with Crippen LogP contribution in [0, 0.1) is 0 Å². The molecule has 0 aliphatic carbocycles. The van der Waals surface area contributed by atoms with E-state index in [1.165, 1.54) is 0 Å². The molecule has 0 spiro atoms. The molecular formula is C12H20N4O2. The van der Waals surface area contributed by atoms with Crippen LogP contribution in [0.4, 0.5) is 11.6 Å². The summed E-state index contributed by atoms with van der Waals surface area (Å²) in [6, 6.07) is 2.10. The quantitative estimate of drug-likeness (QED) is 0.855. The summed E-state index contributed by atoms with van der Waals surface area (Å²) in [4.78, 5) is 10.9. The highest BCUT2D eigenvalue weighted by atomic mass is 16.5. The summed E-state index contributed by atoms with van der Waals surface area (Å²) in [7, 11) is 0. The largest absolute Gasteiger partial charge is 0.384 e. The Labute approximate surface area is 107 Å². The maximum Gasteiger partial charge on any atom is 0.158 e. The monoisotopic (exact) mass is 252 g/mol. The van der Waals surface area contributed by atoms with Crippen molar-refractivity contribution in [1.29, 1.82) is 0 Å². The van der Waals surface area contributed by atoms with Crippen molar-refractivity contribution in [2.24, 2.45) is 0 Å². The second-order valence-corrected chi connectivity index (χ2v) is 4.32. The lowest BCUT2D eigenvalue weighted by atomic mass is 10.2. The number of hydrogen-bond acceptors (Lipinski definition) is 6. The van der Waals surface area contributed by atoms with Gasteiger partial charge >= 0.3 is 0 Å². The van der Waals surface area contributed by atoms with E-state index < -0.39 is 0 Å². The van der Waals surface area contributed by atoms with Crippen LogP contribution < -0.4 is 10.6 Å². The Hall–Kier alpha value is -1.40. The molecule has 1 aliphatic heterocycles. The van der Waals surface area contributed by atoms with Gasteiger partial charge in [-0.25, -0.2) is 9.97 Å². The van der Waals surface area contributed by atoms with Crippen LogP contribution in [0.15, 0.2) is 6.07 Å². The lowest BCUT2D eigenvalue weighted by Crippen LogP contribution is -2.44. The van der Waals surface area contributed by atoms with E-state index in [1.807, 2.05) is 6.92 Å². The molecule has 0 bridgehead atoms. The molecule has 1 atom stereocenters. The van der Waals surface area contributed by atoms with Crippen LogP contribution in [-0.4, -0.2) is 42.4 Å². The summed E-state index contributed by atoms with van der Waals surface area (Å²) in [6.07, 6.45) is 0. The molecule has 6 nitrogen and oxygen atoms in total. The summed E-state index contributed by atoms with van der Waals surface area (Å²) >= 11 is 0. The minimum atomic E-state index is 0.299. The number of anilines is 2. The van der Waals surface area contributed by atoms with E-state index in [-0.39, 0.29) is 0 Å². The first-order valence-corrected chi connectivity index (χ1v) is 6.26. The number of rotatable bonds is 4. The summed E-state index contributed by atoms with van der Waals surface area (Å²) in [6.45, 7) is 7.34. The van der Waals surface area contributed by atoms with E-state index in [2.05, 4.69) is 21.8 Å². The molecule has 0 saturated carbocycles. The van der Waals surface area contributed by atoms with Crippen molar-refractivity contribution in [2.75, 3.05) is 37.0 Å². The first-order valence-electron chi connectivity index (χ1n) is 6.26. The van der Waals surface area contributed by atoms with E-state index >= 15 is 0 Å². The van der Waals surface area contributed by atoms with Crippen molar-refractivity contribution < 1.29 is 9.47 Å². The van der Waals surface area contributed by atoms with Crippen LogP contribution in [0.5, 0.6) is 0 Å². The minimum Gasteiger partial charge on any atom is -0.384 e. The summed E-state index contributed by atoms with van der Waals surface area (Å²) < 4.78 is 10.7. The molecule has 18 heavy (non-hydrogen) atoms. The van der Waals surface area contributed by atoms with Crippen molar-refractivity contribution in [3.8, 4) is 0 Å². The lowest BCUT2D eigenvalue weighted by Gasteiger charge is -2.34. The molecule has 1 fully saturated rings. The molecule has 6 heteroatoms. The van der Waals surface area contributed by atoms with Gasteiger partial charge in [0.2, 0.25) is 0 Å². The third-order valence-electron chi connectivity index (χ3n) is 2.88. The van der Waals surface area contributed by atoms with Crippen molar-refractivity contribution >= 4 is 11.6 Å². The van der Waals surface area contributed by atoms with Gasteiger partial charge in [0.15, 0.2) is 5.82 Å². The van der Waals surface area contributed by atoms with Gasteiger partial charge in [-0.1, -0.05) is 0 Å². The molecule has 1 aromatic rings. The van der Waals surface area contributed by atoms with Gasteiger partial charge in [0.25, 0.3) is 0 Å². The van der Waals surface area contributed by atoms with Gasteiger partial charge in [-0.05, 0) is 13.8 Å². The van der Waals surface area contributed by atoms with E-state index in [0.717, 1.165) is 19.0 Å². The van der Waals surface area contributed by atoms with E-state index in [9.17, 15) is 0 Å². The standard InChI is InChI=1S/C12H20N4O2/c1-3-17-8-11-14-10(13)6-12(15-11)16-4-5-18-7-9(16)2/h6,9H,3-5,7-8H2,1-2H3,(H2,13,14,15). The highest BCUT2D eigenvalue weighted by molar-refractivity contribution is 5.48. The minimum absolute atomic E-state index is 0.299. The molecule has 0 aromatic carbocycles. The molecule has 1 unspecified atom stereocenters. The lowest BCUT2D eigenvalue weighted by molar-refractivity contribution is 0.0982. The predicted molar refractivity (Wildman–Crippen MR) is 69.4 cm³/mol. The topological polar surface area (TPSA) is 73.5 Å². The Morgan fingerprint density at radius 2 is 2.39 bits per heavy atom. The smallest absolute Gasteiger partial charge is 0.158 e. The van der Waals surface area contributed by atoms with Crippen LogP contribution in [0.3, 0.4) is 0 Å². The third kappa shape index (κ3) is 3.08. The highest BCUT2D eigenvalue weighted by Gasteiger charge is 2.21. The van der Waals surface area contributed by atoms with Crippen LogP contribution >= 0.6 is 0 Å². The number of aromatic nitrogens is 2. The second-order valence-electron chi connectivity index (χ2n) is 4.32. The van der Waals surface area contributed by atoms with Gasteiger partial charge in [-0.2, -0.15) is 0 Å². The molecule has 2 heterocycles. The van der Waals surface area contributed by atoms with Crippen molar-refractivity contribution in [2.45, 2.75) is 26.5 Å². The number of morpholine rings is 1. The van der Waals surface area contributed by atoms with Gasteiger partial charge in [0.05, 0.1) is 19.3 Å². The Kier molecular flexibility index (Phi) is 4.33. The number of ether oxygens (including phenoxy) is 2. The average Bonchev–Trinajstić information content (AvgIpc) is 2.36. The molecule has 0 radical (unpaired) electrons. The SMILES string of the molecule is CCOCc1nc(N)cc(N2CCOCC2C)n1. The van der Waals surface area contributed by atoms with Gasteiger partial charge in [-0.15, -0.1) is 0 Å². The van der Waals surface area contributed by atoms with Crippen LogP contribution in [0.1, 0.15) is 19.7 Å². The van der Waals surface area contributed by atoms with Gasteiger partial charge in [-0.3, -0.25) is 0 Å². The average molecular weight is 252 g/mol. The molecule has 1 aliphatic rings. The van der Waals surface area contributed by atoms with Crippen LogP contribution in [0.2, 0.25) is 0 Å². The number of hydrogen-bond donors (Lipinski definition) is 1. The van der Waals surface area contributed by atoms with Crippen molar-refractivity contribution in [3.05, 3.63) is 11.9 Å². The molecule has 2 N–H and O–H groups in total. The van der Waals surface area contributed by atoms with Crippen LogP contribution in [0.25, 0.3) is 0 Å². The van der Waals surface area contributed by atoms with E-state index in [4.69, 9.17) is 15.2 Å². The summed E-state index contributed by atoms with van der Waals surface area (Å²) in [5, 5.41) is 0. The summed E-state index contributed by atoms with van der Waals surface area (Å²) in [5.41, 5.74) is 5.82. The van der Waals surface area contributed by atoms with E-state index in [1.54, 1.807) is 6.07 Å². The number of nitrogens with zero attached hydrogens (tertiary/aromatic N) is 3. The molecule has 1 saturated heterocycles. The molecule has 0 amide bonds. The molecule has 100 valence electrons. The highest BCUT2D eigenvalue weighted by Crippen LogP contribution is 2.19. The van der Waals surface area contributed by atoms with Gasteiger partial charge in [0.1, 0.15) is 18.2 Å². The molecule has 1 aromatic heterocycles. The third-order valence-corrected chi connectivity index (χ3v) is 2.88. The van der Waals surface area contributed by atoms with Crippen molar-refractivity contribution in [1.82, 2.24) is 9.97 Å². The Morgan fingerprint density at radius 3 is 3.11 bits per heavy atom. The molecule has 2 rings (SSSR count). The fourth-order valence-electron chi connectivity index (χ4n) is 1.98. The predicted octanol–water partition coefficient (Wildman–Crippen LogP) is 0.820. The number of nitrogen functional groups attached to an aromatic ring is 1. The van der Waals surface area contributed by atoms with Gasteiger partial charge < -0.3 is 20.1 Å². The molecular weight excluding hydrogens is 232 g/mol. The Bertz CT molecular complexity index is 400. The Balaban J connectivity index is 2.18. The fraction of sp³-hybridized carbons (Fsp3) is 0.667. The van der Waals surface area contributed by atoms with Crippen molar-refractivity contribution in [3.63, 3.8) is 0 Å². The zero-order valence-corrected chi connectivity index (χ0v) is 10.9. The fourth-order valence-corrected chi connectivity index (χ4v) is 1.98. The number of nitrogens with two attached hydrogens (primary N) is 1. The van der Waals surface area contributed by atoms with Crippen LogP contribution in [-0.2, 0) is 16.1 Å². The first kappa shape index (κ1) is 13.0. The first-order chi connectivity index (χ1) is 8.70. The zero-order valence-electron chi connectivity index (χ0n) is 10.9. The second kappa shape index (κ2) is 5.97. The maximum atomic E-state index is 5.82. The maximum absolute atomic E-state index is 5.82. The Morgan fingerprint density at radius 1 is 1.56 bits per heavy atom. The van der Waals surface area contributed by atoms with Gasteiger partial charge in [0, 0.05) is 19.2 Å². The normalized spacial score (nSPS) is 20.1. The van der Waals surface area contributed by atoms with E-state index in [0.29, 0.717) is 37.5 Å². The summed E-state index contributed by atoms with van der Waals surface area (Å²) in [5.74, 6) is 1.96.